The highest BCUT2D eigenvalue weighted by molar-refractivity contribution is 6.35. The summed E-state index contributed by atoms with van der Waals surface area (Å²) in [5.41, 5.74) is 2.21. The molecule has 6 heteroatoms. The molecule has 0 bridgehead atoms. The number of hydrogen-bond acceptors (Lipinski definition) is 0. The van der Waals surface area contributed by atoms with Crippen LogP contribution in [0.5, 0.6) is 0 Å². The van der Waals surface area contributed by atoms with Crippen molar-refractivity contribution in [2.24, 2.45) is 0 Å². The van der Waals surface area contributed by atoms with Crippen molar-refractivity contribution in [2.75, 3.05) is 0 Å². The molecule has 0 fully saturated rings. The number of fused-ring (bicyclic) bond motifs is 1. The summed E-state index contributed by atoms with van der Waals surface area (Å²) in [5, 5.41) is 1.36. The van der Waals surface area contributed by atoms with Gasteiger partial charge in [-0.1, -0.05) is 35.3 Å². The summed E-state index contributed by atoms with van der Waals surface area (Å²) in [4.78, 5) is 0. The van der Waals surface area contributed by atoms with Gasteiger partial charge in [0.1, 0.15) is 12.7 Å². The number of pyridine rings is 1. The molecule has 106 valence electrons. The molecule has 2 heterocycles. The quantitative estimate of drug-likeness (QED) is 0.582. The van der Waals surface area contributed by atoms with Gasteiger partial charge in [0, 0.05) is 15.6 Å². The van der Waals surface area contributed by atoms with Crippen molar-refractivity contribution in [3.63, 3.8) is 0 Å². The van der Waals surface area contributed by atoms with E-state index in [2.05, 4.69) is 21.2 Å². The summed E-state index contributed by atoms with van der Waals surface area (Å²) in [7, 11) is 0. The lowest BCUT2D eigenvalue weighted by molar-refractivity contribution is -0.686. The molecule has 1 aromatic carbocycles. The summed E-state index contributed by atoms with van der Waals surface area (Å²) in [6.07, 6.45) is 6.15. The number of aromatic nitrogens is 2. The second-order valence-electron chi connectivity index (χ2n) is 4.19. The Morgan fingerprint density at radius 1 is 1.10 bits per heavy atom. The Hall–Kier alpha value is -1.26. The average Bonchev–Trinajstić information content (AvgIpc) is 2.75. The Kier molecular flexibility index (Phi) is 5.84. The van der Waals surface area contributed by atoms with Crippen molar-refractivity contribution in [1.29, 1.82) is 0 Å². The number of imidazole rings is 1. The first kappa shape index (κ1) is 16.8. The van der Waals surface area contributed by atoms with Crippen LogP contribution in [0.25, 0.3) is 5.52 Å². The van der Waals surface area contributed by atoms with Crippen LogP contribution in [0.1, 0.15) is 5.56 Å². The van der Waals surface area contributed by atoms with Crippen LogP contribution >= 0.6 is 23.2 Å². The van der Waals surface area contributed by atoms with Crippen molar-refractivity contribution in [3.8, 4) is 0 Å². The fraction of sp³-hybridized carbons (Fsp3) is 0.0714. The molecule has 0 spiro atoms. The highest BCUT2D eigenvalue weighted by Gasteiger charge is 2.08. The Morgan fingerprint density at radius 3 is 2.60 bits per heavy atom. The van der Waals surface area contributed by atoms with E-state index in [1.807, 2.05) is 36.8 Å². The molecule has 2 N–H and O–H groups in total. The Bertz CT molecular complexity index is 679. The van der Waals surface area contributed by atoms with Gasteiger partial charge in [0.15, 0.2) is 5.52 Å². The fourth-order valence-corrected chi connectivity index (χ4v) is 2.45. The first-order chi connectivity index (χ1) is 8.72. The van der Waals surface area contributed by atoms with Crippen LogP contribution in [0.15, 0.2) is 55.1 Å². The summed E-state index contributed by atoms with van der Waals surface area (Å²) in [6.45, 7) is 0.734. The normalized spacial score (nSPS) is 9.90. The maximum absolute atomic E-state index is 6.17. The molecule has 3 rings (SSSR count). The minimum absolute atomic E-state index is 0. The Labute approximate surface area is 133 Å². The highest BCUT2D eigenvalue weighted by atomic mass is 35.5. The maximum Gasteiger partial charge on any atom is 0.249 e. The van der Waals surface area contributed by atoms with E-state index in [1.54, 1.807) is 6.07 Å². The van der Waals surface area contributed by atoms with Gasteiger partial charge in [-0.2, -0.15) is 0 Å². The SMILES string of the molecule is Clc1ccc(C[n+]2cc3ccccn3c2)c(Cl)c1.O.[Cl-]. The van der Waals surface area contributed by atoms with Gasteiger partial charge >= 0.3 is 0 Å². The second kappa shape index (κ2) is 6.95. The van der Waals surface area contributed by atoms with Crippen LogP contribution in [0, 0.1) is 0 Å². The van der Waals surface area contributed by atoms with Gasteiger partial charge in [-0.3, -0.25) is 0 Å². The topological polar surface area (TPSA) is 39.8 Å². The minimum Gasteiger partial charge on any atom is -1.00 e. The average molecular weight is 332 g/mol. The summed E-state index contributed by atoms with van der Waals surface area (Å²) in [5.74, 6) is 0. The van der Waals surface area contributed by atoms with Gasteiger partial charge in [0.2, 0.25) is 6.33 Å². The number of nitrogens with zero attached hydrogens (tertiary/aromatic N) is 2. The maximum atomic E-state index is 6.17. The van der Waals surface area contributed by atoms with Gasteiger partial charge in [0.25, 0.3) is 0 Å². The zero-order valence-corrected chi connectivity index (χ0v) is 12.7. The molecule has 0 aliphatic carbocycles. The lowest BCUT2D eigenvalue weighted by Gasteiger charge is -2.01. The number of hydrogen-bond donors (Lipinski definition) is 0. The molecular weight excluding hydrogens is 319 g/mol. The fourth-order valence-electron chi connectivity index (χ4n) is 1.98. The van der Waals surface area contributed by atoms with E-state index >= 15 is 0 Å². The molecular formula is C14H13Cl3N2O. The summed E-state index contributed by atoms with van der Waals surface area (Å²) < 4.78 is 4.17. The van der Waals surface area contributed by atoms with Crippen molar-refractivity contribution in [2.45, 2.75) is 6.54 Å². The molecule has 3 aromatic rings. The molecule has 0 saturated carbocycles. The van der Waals surface area contributed by atoms with Crippen molar-refractivity contribution >= 4 is 28.7 Å². The zero-order chi connectivity index (χ0) is 12.5. The molecule has 0 amide bonds. The summed E-state index contributed by atoms with van der Waals surface area (Å²) in [6, 6.07) is 11.7. The highest BCUT2D eigenvalue weighted by Crippen LogP contribution is 2.20. The van der Waals surface area contributed by atoms with Gasteiger partial charge in [-0.15, -0.1) is 0 Å². The molecule has 0 saturated heterocycles. The second-order valence-corrected chi connectivity index (χ2v) is 5.03. The van der Waals surface area contributed by atoms with E-state index in [0.717, 1.165) is 17.6 Å². The third-order valence-corrected chi connectivity index (χ3v) is 3.45. The van der Waals surface area contributed by atoms with Gasteiger partial charge in [-0.05, 0) is 24.3 Å². The Morgan fingerprint density at radius 2 is 1.90 bits per heavy atom. The monoisotopic (exact) mass is 330 g/mol. The van der Waals surface area contributed by atoms with Crippen molar-refractivity contribution < 1.29 is 22.5 Å². The van der Waals surface area contributed by atoms with Crippen molar-refractivity contribution in [3.05, 3.63) is 70.7 Å². The predicted molar refractivity (Wildman–Crippen MR) is 76.8 cm³/mol. The molecule has 20 heavy (non-hydrogen) atoms. The number of benzene rings is 1. The van der Waals surface area contributed by atoms with Crippen LogP contribution < -0.4 is 17.0 Å². The lowest BCUT2D eigenvalue weighted by atomic mass is 10.2. The van der Waals surface area contributed by atoms with Crippen LogP contribution in [-0.2, 0) is 6.54 Å². The molecule has 3 nitrogen and oxygen atoms in total. The van der Waals surface area contributed by atoms with E-state index in [0.29, 0.717) is 10.0 Å². The van der Waals surface area contributed by atoms with Crippen molar-refractivity contribution in [1.82, 2.24) is 4.40 Å². The van der Waals surface area contributed by atoms with E-state index in [9.17, 15) is 0 Å². The van der Waals surface area contributed by atoms with Gasteiger partial charge < -0.3 is 17.9 Å². The third kappa shape index (κ3) is 3.44. The molecule has 0 atom stereocenters. The van der Waals surface area contributed by atoms with E-state index in [1.165, 1.54) is 0 Å². The van der Waals surface area contributed by atoms with E-state index in [4.69, 9.17) is 23.2 Å². The largest absolute Gasteiger partial charge is 1.00 e. The first-order valence-corrected chi connectivity index (χ1v) is 6.38. The zero-order valence-electron chi connectivity index (χ0n) is 10.4. The first-order valence-electron chi connectivity index (χ1n) is 5.62. The van der Waals surface area contributed by atoms with E-state index < -0.39 is 0 Å². The summed E-state index contributed by atoms with van der Waals surface area (Å²) >= 11 is 12.1. The third-order valence-electron chi connectivity index (χ3n) is 2.86. The molecule has 0 radical (unpaired) electrons. The Balaban J connectivity index is 0.000001000. The number of rotatable bonds is 2. The molecule has 2 aromatic heterocycles. The van der Waals surface area contributed by atoms with Crippen LogP contribution in [0.3, 0.4) is 0 Å². The standard InChI is InChI=1S/C14H11Cl2N2.ClH.H2O/c15-12-5-4-11(14(16)7-12)8-17-9-13-3-1-2-6-18(13)10-17;;/h1-7,9-10H,8H2;1H;1H2/q+1;;/p-1. The predicted octanol–water partition coefficient (Wildman–Crippen LogP) is -0.239. The van der Waals surface area contributed by atoms with Gasteiger partial charge in [-0.25, -0.2) is 8.97 Å². The minimum atomic E-state index is 0. The number of halogens is 3. The van der Waals surface area contributed by atoms with Gasteiger partial charge in [0.05, 0.1) is 6.20 Å². The van der Waals surface area contributed by atoms with Crippen LogP contribution in [0.4, 0.5) is 0 Å². The van der Waals surface area contributed by atoms with Crippen LogP contribution in [0.2, 0.25) is 10.0 Å². The molecule has 0 unspecified atom stereocenters. The lowest BCUT2D eigenvalue weighted by Crippen LogP contribution is -3.00. The molecule has 0 aliphatic rings. The smallest absolute Gasteiger partial charge is 0.249 e. The van der Waals surface area contributed by atoms with E-state index in [-0.39, 0.29) is 17.9 Å². The molecule has 0 aliphatic heterocycles. The van der Waals surface area contributed by atoms with Crippen LogP contribution in [-0.4, -0.2) is 9.88 Å².